The molecule has 7 nitrogen and oxygen atoms in total. The summed E-state index contributed by atoms with van der Waals surface area (Å²) in [5.74, 6) is 1.50. The molecule has 0 unspecified atom stereocenters. The van der Waals surface area contributed by atoms with Gasteiger partial charge in [0.15, 0.2) is 0 Å². The molecular weight excluding hydrogens is 356 g/mol. The summed E-state index contributed by atoms with van der Waals surface area (Å²) in [5.41, 5.74) is 2.60. The largest absolute Gasteiger partial charge is 0.497 e. The number of carbonyl (C=O) groups excluding carboxylic acids is 1. The van der Waals surface area contributed by atoms with Crippen molar-refractivity contribution in [2.24, 2.45) is 0 Å². The van der Waals surface area contributed by atoms with E-state index in [1.54, 1.807) is 31.4 Å². The summed E-state index contributed by atoms with van der Waals surface area (Å²) in [7, 11) is 1.58. The summed E-state index contributed by atoms with van der Waals surface area (Å²) in [6.07, 6.45) is 1.64. The molecule has 0 bridgehead atoms. The average Bonchev–Trinajstić information content (AvgIpc) is 3.16. The standard InChI is InChI=1S/C21H22N4O3/c1-4-11-25(21(26)22-17-9-6-10-18(13-17)27-3)14-19-23-20(24-28-19)16-8-5-7-15(2)12-16/h4-10,12-13H,1,11,14H2,2-3H3,(H,22,26). The van der Waals surface area contributed by atoms with Gasteiger partial charge in [-0.25, -0.2) is 4.79 Å². The van der Waals surface area contributed by atoms with E-state index in [4.69, 9.17) is 9.26 Å². The van der Waals surface area contributed by atoms with Crippen molar-refractivity contribution in [1.82, 2.24) is 15.0 Å². The van der Waals surface area contributed by atoms with Crippen molar-refractivity contribution >= 4 is 11.7 Å². The fourth-order valence-corrected chi connectivity index (χ4v) is 2.66. The van der Waals surface area contributed by atoms with Crippen LogP contribution in [0.2, 0.25) is 0 Å². The third kappa shape index (κ3) is 4.76. The highest BCUT2D eigenvalue weighted by Gasteiger charge is 2.17. The molecule has 0 saturated carbocycles. The van der Waals surface area contributed by atoms with Crippen molar-refractivity contribution < 1.29 is 14.1 Å². The maximum Gasteiger partial charge on any atom is 0.322 e. The molecule has 0 atom stereocenters. The Morgan fingerprint density at radius 3 is 2.86 bits per heavy atom. The Bertz CT molecular complexity index is 968. The molecule has 1 N–H and O–H groups in total. The van der Waals surface area contributed by atoms with E-state index in [0.29, 0.717) is 29.7 Å². The summed E-state index contributed by atoms with van der Waals surface area (Å²) in [6, 6.07) is 14.7. The monoisotopic (exact) mass is 378 g/mol. The molecule has 2 aromatic carbocycles. The third-order valence-corrected chi connectivity index (χ3v) is 4.03. The number of rotatable bonds is 7. The van der Waals surface area contributed by atoms with Crippen molar-refractivity contribution in [3.05, 3.63) is 72.6 Å². The van der Waals surface area contributed by atoms with Crippen LogP contribution < -0.4 is 10.1 Å². The molecule has 0 aliphatic carbocycles. The number of ether oxygens (including phenoxy) is 1. The number of nitrogens with zero attached hydrogens (tertiary/aromatic N) is 3. The predicted octanol–water partition coefficient (Wildman–Crippen LogP) is 4.27. The highest BCUT2D eigenvalue weighted by atomic mass is 16.5. The van der Waals surface area contributed by atoms with E-state index in [1.807, 2.05) is 37.3 Å². The predicted molar refractivity (Wildman–Crippen MR) is 107 cm³/mol. The number of urea groups is 1. The first kappa shape index (κ1) is 19.2. The number of benzene rings is 2. The minimum atomic E-state index is -0.302. The molecule has 0 fully saturated rings. The maximum absolute atomic E-state index is 12.7. The number of aromatic nitrogens is 2. The summed E-state index contributed by atoms with van der Waals surface area (Å²) in [5, 5.41) is 6.86. The second kappa shape index (κ2) is 8.85. The summed E-state index contributed by atoms with van der Waals surface area (Å²) >= 11 is 0. The van der Waals surface area contributed by atoms with Crippen molar-refractivity contribution in [3.8, 4) is 17.1 Å². The van der Waals surface area contributed by atoms with Crippen molar-refractivity contribution in [2.75, 3.05) is 19.0 Å². The van der Waals surface area contributed by atoms with Gasteiger partial charge in [-0.3, -0.25) is 0 Å². The Morgan fingerprint density at radius 1 is 1.29 bits per heavy atom. The molecule has 0 aliphatic rings. The van der Waals surface area contributed by atoms with Crippen LogP contribution in [0.15, 0.2) is 65.7 Å². The number of aryl methyl sites for hydroxylation is 1. The Labute approximate surface area is 163 Å². The summed E-state index contributed by atoms with van der Waals surface area (Å²) in [6.45, 7) is 6.21. The Kier molecular flexibility index (Phi) is 6.06. The lowest BCUT2D eigenvalue weighted by atomic mass is 10.1. The number of carbonyl (C=O) groups is 1. The van der Waals surface area contributed by atoms with Crippen LogP contribution in [0.25, 0.3) is 11.4 Å². The van der Waals surface area contributed by atoms with Gasteiger partial charge in [-0.2, -0.15) is 4.98 Å². The molecule has 3 aromatic rings. The summed E-state index contributed by atoms with van der Waals surface area (Å²) in [4.78, 5) is 18.6. The van der Waals surface area contributed by atoms with Gasteiger partial charge in [0.05, 0.1) is 7.11 Å². The first-order valence-electron chi connectivity index (χ1n) is 8.79. The first-order chi connectivity index (χ1) is 13.6. The van der Waals surface area contributed by atoms with Gasteiger partial charge >= 0.3 is 6.03 Å². The van der Waals surface area contributed by atoms with E-state index in [9.17, 15) is 4.79 Å². The van der Waals surface area contributed by atoms with Crippen LogP contribution in [0.5, 0.6) is 5.75 Å². The second-order valence-electron chi connectivity index (χ2n) is 6.21. The van der Waals surface area contributed by atoms with Crippen LogP contribution in [0, 0.1) is 6.92 Å². The SMILES string of the molecule is C=CCN(Cc1nc(-c2cccc(C)c2)no1)C(=O)Nc1cccc(OC)c1. The summed E-state index contributed by atoms with van der Waals surface area (Å²) < 4.78 is 10.5. The van der Waals surface area contributed by atoms with Crippen LogP contribution >= 0.6 is 0 Å². The van der Waals surface area contributed by atoms with Crippen molar-refractivity contribution in [3.63, 3.8) is 0 Å². The molecule has 0 radical (unpaired) electrons. The highest BCUT2D eigenvalue weighted by Crippen LogP contribution is 2.19. The van der Waals surface area contributed by atoms with Gasteiger partial charge in [-0.15, -0.1) is 6.58 Å². The normalized spacial score (nSPS) is 10.4. The first-order valence-corrected chi connectivity index (χ1v) is 8.79. The number of anilines is 1. The minimum absolute atomic E-state index is 0.167. The zero-order valence-corrected chi connectivity index (χ0v) is 15.9. The molecule has 0 aliphatic heterocycles. The number of hydrogen-bond acceptors (Lipinski definition) is 5. The molecule has 3 rings (SSSR count). The lowest BCUT2D eigenvalue weighted by Crippen LogP contribution is -2.34. The average molecular weight is 378 g/mol. The van der Waals surface area contributed by atoms with Gasteiger partial charge < -0.3 is 19.5 Å². The quantitative estimate of drug-likeness (QED) is 0.621. The lowest BCUT2D eigenvalue weighted by Gasteiger charge is -2.19. The van der Waals surface area contributed by atoms with Gasteiger partial charge in [0.2, 0.25) is 11.7 Å². The number of nitrogens with one attached hydrogen (secondary N) is 1. The van der Waals surface area contributed by atoms with Gasteiger partial charge in [0.1, 0.15) is 12.3 Å². The van der Waals surface area contributed by atoms with Crippen molar-refractivity contribution in [2.45, 2.75) is 13.5 Å². The molecular formula is C21H22N4O3. The van der Waals surface area contributed by atoms with E-state index in [-0.39, 0.29) is 12.6 Å². The van der Waals surface area contributed by atoms with Crippen LogP contribution in [0.3, 0.4) is 0 Å². The van der Waals surface area contributed by atoms with Gasteiger partial charge in [-0.1, -0.05) is 41.1 Å². The topological polar surface area (TPSA) is 80.5 Å². The Balaban J connectivity index is 1.72. The Hall–Kier alpha value is -3.61. The van der Waals surface area contributed by atoms with Crippen molar-refractivity contribution in [1.29, 1.82) is 0 Å². The molecule has 144 valence electrons. The van der Waals surface area contributed by atoms with E-state index < -0.39 is 0 Å². The molecule has 2 amide bonds. The number of methoxy groups -OCH3 is 1. The Morgan fingerprint density at radius 2 is 2.11 bits per heavy atom. The molecule has 7 heteroatoms. The van der Waals surface area contributed by atoms with E-state index in [2.05, 4.69) is 22.0 Å². The zero-order chi connectivity index (χ0) is 19.9. The fraction of sp³-hybridized carbons (Fsp3) is 0.190. The molecule has 1 heterocycles. The molecule has 1 aromatic heterocycles. The second-order valence-corrected chi connectivity index (χ2v) is 6.21. The number of hydrogen-bond donors (Lipinski definition) is 1. The van der Waals surface area contributed by atoms with Crippen LogP contribution in [-0.4, -0.2) is 34.7 Å². The van der Waals surface area contributed by atoms with Gasteiger partial charge in [-0.05, 0) is 25.1 Å². The van der Waals surface area contributed by atoms with Crippen LogP contribution in [0.1, 0.15) is 11.5 Å². The number of amides is 2. The third-order valence-electron chi connectivity index (χ3n) is 4.03. The van der Waals surface area contributed by atoms with E-state index in [0.717, 1.165) is 11.1 Å². The van der Waals surface area contributed by atoms with Crippen LogP contribution in [0.4, 0.5) is 10.5 Å². The zero-order valence-electron chi connectivity index (χ0n) is 15.9. The van der Waals surface area contributed by atoms with Gasteiger partial charge in [0, 0.05) is 23.9 Å². The maximum atomic E-state index is 12.7. The van der Waals surface area contributed by atoms with E-state index in [1.165, 1.54) is 4.90 Å². The smallest absolute Gasteiger partial charge is 0.322 e. The molecule has 28 heavy (non-hydrogen) atoms. The van der Waals surface area contributed by atoms with E-state index >= 15 is 0 Å². The molecule has 0 spiro atoms. The molecule has 0 saturated heterocycles. The van der Waals surface area contributed by atoms with Crippen LogP contribution in [-0.2, 0) is 6.54 Å². The fourth-order valence-electron chi connectivity index (χ4n) is 2.66. The highest BCUT2D eigenvalue weighted by molar-refractivity contribution is 5.89. The minimum Gasteiger partial charge on any atom is -0.497 e. The lowest BCUT2D eigenvalue weighted by molar-refractivity contribution is 0.206. The van der Waals surface area contributed by atoms with Gasteiger partial charge in [0.25, 0.3) is 0 Å².